The summed E-state index contributed by atoms with van der Waals surface area (Å²) in [6.45, 7) is 0.531. The molecule has 4 nitrogen and oxygen atoms in total. The molecule has 2 heterocycles. The molecule has 0 N–H and O–H groups in total. The molecule has 2 aromatic carbocycles. The summed E-state index contributed by atoms with van der Waals surface area (Å²) in [6, 6.07) is 13.8. The number of benzene rings is 2. The van der Waals surface area contributed by atoms with Crippen LogP contribution in [0.15, 0.2) is 53.2 Å². The van der Waals surface area contributed by atoms with Crippen LogP contribution in [0.3, 0.4) is 0 Å². The van der Waals surface area contributed by atoms with Crippen molar-refractivity contribution in [3.8, 4) is 11.1 Å². The third-order valence-electron chi connectivity index (χ3n) is 4.62. The summed E-state index contributed by atoms with van der Waals surface area (Å²) >= 11 is 1.64. The van der Waals surface area contributed by atoms with Crippen molar-refractivity contribution in [2.75, 3.05) is 24.6 Å². The second kappa shape index (κ2) is 6.28. The van der Waals surface area contributed by atoms with Gasteiger partial charge in [0.1, 0.15) is 0 Å². The Labute approximate surface area is 150 Å². The Balaban J connectivity index is 1.76. The van der Waals surface area contributed by atoms with Gasteiger partial charge < -0.3 is 4.90 Å². The van der Waals surface area contributed by atoms with E-state index in [9.17, 15) is 13.2 Å². The zero-order valence-corrected chi connectivity index (χ0v) is 15.1. The van der Waals surface area contributed by atoms with E-state index in [1.54, 1.807) is 16.2 Å². The molecular weight excluding hydrogens is 354 g/mol. The Kier molecular flexibility index (Phi) is 4.09. The lowest BCUT2D eigenvalue weighted by Gasteiger charge is -2.27. The molecule has 0 saturated carbocycles. The lowest BCUT2D eigenvalue weighted by Crippen LogP contribution is -2.43. The molecule has 0 aliphatic carbocycles. The van der Waals surface area contributed by atoms with Crippen molar-refractivity contribution in [3.05, 3.63) is 58.8 Å². The molecule has 0 unspecified atom stereocenters. The van der Waals surface area contributed by atoms with Crippen molar-refractivity contribution in [1.82, 2.24) is 4.90 Å². The van der Waals surface area contributed by atoms with Crippen LogP contribution < -0.4 is 0 Å². The normalized spacial score (nSPS) is 16.9. The highest BCUT2D eigenvalue weighted by Gasteiger charge is 2.26. The van der Waals surface area contributed by atoms with E-state index < -0.39 is 9.84 Å². The first kappa shape index (κ1) is 16.3. The first-order chi connectivity index (χ1) is 12.1. The highest BCUT2D eigenvalue weighted by Crippen LogP contribution is 2.32. The maximum Gasteiger partial charge on any atom is 0.254 e. The van der Waals surface area contributed by atoms with Gasteiger partial charge in [-0.15, -0.1) is 0 Å². The molecular formula is C19H17NO3S2. The second-order valence-corrected chi connectivity index (χ2v) is 9.25. The molecule has 25 heavy (non-hydrogen) atoms. The summed E-state index contributed by atoms with van der Waals surface area (Å²) in [4.78, 5) is 14.6. The van der Waals surface area contributed by atoms with E-state index in [1.165, 1.54) is 0 Å². The van der Waals surface area contributed by atoms with E-state index in [-0.39, 0.29) is 30.5 Å². The molecule has 1 aliphatic heterocycles. The molecule has 0 radical (unpaired) electrons. The van der Waals surface area contributed by atoms with Crippen LogP contribution in [0.5, 0.6) is 0 Å². The first-order valence-corrected chi connectivity index (χ1v) is 10.9. The Morgan fingerprint density at radius 2 is 1.68 bits per heavy atom. The van der Waals surface area contributed by atoms with Crippen molar-refractivity contribution in [1.29, 1.82) is 0 Å². The van der Waals surface area contributed by atoms with E-state index in [1.807, 2.05) is 35.7 Å². The van der Waals surface area contributed by atoms with Gasteiger partial charge in [0.25, 0.3) is 5.91 Å². The van der Waals surface area contributed by atoms with Gasteiger partial charge in [0, 0.05) is 18.7 Å². The molecule has 6 heteroatoms. The lowest BCUT2D eigenvalue weighted by molar-refractivity contribution is 0.0772. The quantitative estimate of drug-likeness (QED) is 0.693. The fourth-order valence-electron chi connectivity index (χ4n) is 3.25. The van der Waals surface area contributed by atoms with Gasteiger partial charge in [-0.1, -0.05) is 30.3 Å². The highest BCUT2D eigenvalue weighted by molar-refractivity contribution is 7.91. The number of sulfone groups is 1. The molecule has 4 rings (SSSR count). The fraction of sp³-hybridized carbons (Fsp3) is 0.211. The number of thiophene rings is 1. The van der Waals surface area contributed by atoms with Crippen LogP contribution in [0.1, 0.15) is 10.4 Å². The molecule has 1 amide bonds. The number of rotatable bonds is 2. The number of fused-ring (bicyclic) bond motifs is 1. The molecule has 1 aliphatic rings. The lowest BCUT2D eigenvalue weighted by atomic mass is 9.96. The van der Waals surface area contributed by atoms with Crippen LogP contribution in [0.2, 0.25) is 0 Å². The van der Waals surface area contributed by atoms with Gasteiger partial charge in [0.2, 0.25) is 0 Å². The smallest absolute Gasteiger partial charge is 0.254 e. The summed E-state index contributed by atoms with van der Waals surface area (Å²) in [5.41, 5.74) is 2.88. The fourth-order valence-corrected chi connectivity index (χ4v) is 5.11. The van der Waals surface area contributed by atoms with Crippen molar-refractivity contribution in [3.63, 3.8) is 0 Å². The van der Waals surface area contributed by atoms with Crippen molar-refractivity contribution in [2.45, 2.75) is 0 Å². The summed E-state index contributed by atoms with van der Waals surface area (Å²) in [7, 11) is -3.00. The van der Waals surface area contributed by atoms with Gasteiger partial charge in [0.15, 0.2) is 9.84 Å². The molecule has 3 aromatic rings. The summed E-state index contributed by atoms with van der Waals surface area (Å²) < 4.78 is 23.2. The number of nitrogens with zero attached hydrogens (tertiary/aromatic N) is 1. The molecule has 0 atom stereocenters. The van der Waals surface area contributed by atoms with E-state index in [0.29, 0.717) is 5.56 Å². The highest BCUT2D eigenvalue weighted by atomic mass is 32.2. The average molecular weight is 371 g/mol. The summed E-state index contributed by atoms with van der Waals surface area (Å²) in [5.74, 6) is -0.00388. The van der Waals surface area contributed by atoms with Gasteiger partial charge in [0.05, 0.1) is 11.5 Å². The van der Waals surface area contributed by atoms with Crippen molar-refractivity contribution < 1.29 is 13.2 Å². The summed E-state index contributed by atoms with van der Waals surface area (Å²) in [6.07, 6.45) is 0. The maximum absolute atomic E-state index is 13.0. The van der Waals surface area contributed by atoms with Gasteiger partial charge in [-0.3, -0.25) is 4.79 Å². The molecule has 128 valence electrons. The van der Waals surface area contributed by atoms with E-state index in [0.717, 1.165) is 21.9 Å². The van der Waals surface area contributed by atoms with Crippen LogP contribution in [0.25, 0.3) is 21.9 Å². The van der Waals surface area contributed by atoms with Crippen molar-refractivity contribution >= 4 is 37.9 Å². The van der Waals surface area contributed by atoms with Gasteiger partial charge in [-0.05, 0) is 44.8 Å². The number of carbonyl (C=O) groups is 1. The van der Waals surface area contributed by atoms with Crippen LogP contribution in [-0.2, 0) is 9.84 Å². The minimum absolute atomic E-state index is 0.0453. The standard InChI is InChI=1S/C19H17NO3S2/c21-19(20-8-11-25(22,23)12-9-20)18-6-2-4-16-15(3-1-5-17(16)18)14-7-10-24-13-14/h1-7,10,13H,8-9,11-12H2. The van der Waals surface area contributed by atoms with E-state index >= 15 is 0 Å². The minimum Gasteiger partial charge on any atom is -0.337 e. The Hall–Kier alpha value is -2.18. The predicted molar refractivity (Wildman–Crippen MR) is 102 cm³/mol. The van der Waals surface area contributed by atoms with Crippen LogP contribution in [0, 0.1) is 0 Å². The first-order valence-electron chi connectivity index (χ1n) is 8.09. The second-order valence-electron chi connectivity index (χ2n) is 6.16. The monoisotopic (exact) mass is 371 g/mol. The third-order valence-corrected chi connectivity index (χ3v) is 6.91. The molecule has 1 saturated heterocycles. The largest absolute Gasteiger partial charge is 0.337 e. The molecule has 0 bridgehead atoms. The van der Waals surface area contributed by atoms with Gasteiger partial charge >= 0.3 is 0 Å². The van der Waals surface area contributed by atoms with Crippen molar-refractivity contribution in [2.24, 2.45) is 0 Å². The number of carbonyl (C=O) groups excluding carboxylic acids is 1. The van der Waals surface area contributed by atoms with Crippen LogP contribution in [-0.4, -0.2) is 43.8 Å². The van der Waals surface area contributed by atoms with Crippen LogP contribution >= 0.6 is 11.3 Å². The Morgan fingerprint density at radius 3 is 2.40 bits per heavy atom. The third kappa shape index (κ3) is 3.07. The SMILES string of the molecule is O=C(c1cccc2c(-c3ccsc3)cccc12)N1CCS(=O)(=O)CC1. The molecule has 0 spiro atoms. The minimum atomic E-state index is -3.00. The zero-order valence-electron chi connectivity index (χ0n) is 13.5. The van der Waals surface area contributed by atoms with Gasteiger partial charge in [-0.25, -0.2) is 8.42 Å². The van der Waals surface area contributed by atoms with Crippen LogP contribution in [0.4, 0.5) is 0 Å². The van der Waals surface area contributed by atoms with Gasteiger partial charge in [-0.2, -0.15) is 11.3 Å². The number of amides is 1. The Morgan fingerprint density at radius 1 is 0.960 bits per heavy atom. The van der Waals surface area contributed by atoms with E-state index in [4.69, 9.17) is 0 Å². The zero-order chi connectivity index (χ0) is 17.4. The summed E-state index contributed by atoms with van der Waals surface area (Å²) in [5, 5.41) is 6.08. The topological polar surface area (TPSA) is 54.5 Å². The van der Waals surface area contributed by atoms with E-state index in [2.05, 4.69) is 17.5 Å². The maximum atomic E-state index is 13.0. The molecule has 1 aromatic heterocycles. The Bertz CT molecular complexity index is 1030. The molecule has 1 fully saturated rings. The number of hydrogen-bond acceptors (Lipinski definition) is 4. The predicted octanol–water partition coefficient (Wildman–Crippen LogP) is 3.44. The average Bonchev–Trinajstić information content (AvgIpc) is 3.14. The number of hydrogen-bond donors (Lipinski definition) is 0.